The maximum atomic E-state index is 4.34. The van der Waals surface area contributed by atoms with Crippen LogP contribution in [-0.4, -0.2) is 11.6 Å². The molecule has 1 nitrogen and oxygen atoms in total. The Morgan fingerprint density at radius 2 is 1.19 bits per heavy atom. The quantitative estimate of drug-likeness (QED) is 0.485. The Balaban J connectivity index is 2.01. The number of hydrogen-bond acceptors (Lipinski definition) is 1. The molecule has 4 rings (SSSR count). The summed E-state index contributed by atoms with van der Waals surface area (Å²) in [6.45, 7) is 2.42. The molecule has 0 amide bonds. The first-order valence-electron chi connectivity index (χ1n) is 8.78. The summed E-state index contributed by atoms with van der Waals surface area (Å²) in [6, 6.07) is 34.7. The Hall–Kier alpha value is -2.76. The number of hydrogen-bond donors (Lipinski definition) is 0. The van der Waals surface area contributed by atoms with Gasteiger partial charge in [-0.25, -0.2) is 0 Å². The molecule has 1 heterocycles. The summed E-state index contributed by atoms with van der Waals surface area (Å²) in [4.78, 5) is 4.34. The first kappa shape index (κ1) is 16.7. The van der Waals surface area contributed by atoms with Crippen molar-refractivity contribution in [2.75, 3.05) is 6.66 Å². The number of rotatable bonds is 4. The van der Waals surface area contributed by atoms with Gasteiger partial charge in [0.1, 0.15) is 23.2 Å². The van der Waals surface area contributed by atoms with E-state index in [4.69, 9.17) is 0 Å². The molecule has 0 spiro atoms. The molecule has 0 atom stereocenters. The molecule has 0 aliphatic heterocycles. The number of nitrogens with zero attached hydrogens (tertiary/aromatic N) is 1. The van der Waals surface area contributed by atoms with E-state index in [0.717, 1.165) is 0 Å². The molecule has 1 aromatic heterocycles. The van der Waals surface area contributed by atoms with Crippen molar-refractivity contribution in [1.82, 2.24) is 4.98 Å². The average Bonchev–Trinajstić information content (AvgIpc) is 2.75. The van der Waals surface area contributed by atoms with Gasteiger partial charge in [0.05, 0.1) is 6.66 Å². The minimum atomic E-state index is -1.76. The van der Waals surface area contributed by atoms with E-state index in [9.17, 15) is 0 Å². The van der Waals surface area contributed by atoms with Crippen molar-refractivity contribution in [2.24, 2.45) is 0 Å². The topological polar surface area (TPSA) is 12.9 Å². The average molecular weight is 354 g/mol. The van der Waals surface area contributed by atoms with Crippen molar-refractivity contribution in [3.8, 4) is 11.1 Å². The van der Waals surface area contributed by atoms with Crippen LogP contribution < -0.4 is 15.9 Å². The lowest BCUT2D eigenvalue weighted by Crippen LogP contribution is -2.31. The molecule has 0 aliphatic rings. The number of aromatic nitrogens is 1. The van der Waals surface area contributed by atoms with Crippen LogP contribution in [0.3, 0.4) is 0 Å². The number of pyridine rings is 1. The lowest BCUT2D eigenvalue weighted by molar-refractivity contribution is 1.33. The van der Waals surface area contributed by atoms with E-state index in [-0.39, 0.29) is 0 Å². The lowest BCUT2D eigenvalue weighted by atomic mass is 10.1. The van der Waals surface area contributed by atoms with Gasteiger partial charge in [-0.15, -0.1) is 0 Å². The Kier molecular flexibility index (Phi) is 4.65. The summed E-state index contributed by atoms with van der Waals surface area (Å²) >= 11 is 0. The fourth-order valence-corrected chi connectivity index (χ4v) is 6.97. The molecule has 0 aliphatic carbocycles. The molecule has 0 saturated heterocycles. The third-order valence-electron chi connectivity index (χ3n) is 4.90. The van der Waals surface area contributed by atoms with E-state index in [2.05, 4.69) is 103 Å². The third-order valence-corrected chi connectivity index (χ3v) is 8.92. The van der Waals surface area contributed by atoms with Crippen LogP contribution in [0.4, 0.5) is 0 Å². The van der Waals surface area contributed by atoms with Crippen molar-refractivity contribution in [1.29, 1.82) is 0 Å². The molecule has 126 valence electrons. The maximum Gasteiger partial charge on any atom is 0.112 e. The van der Waals surface area contributed by atoms with Gasteiger partial charge in [0.2, 0.25) is 0 Å². The van der Waals surface area contributed by atoms with E-state index < -0.39 is 7.26 Å². The summed E-state index contributed by atoms with van der Waals surface area (Å²) in [5, 5.41) is 4.18. The van der Waals surface area contributed by atoms with Crippen LogP contribution in [0.1, 0.15) is 0 Å². The maximum absolute atomic E-state index is 4.34. The predicted molar refractivity (Wildman–Crippen MR) is 114 cm³/mol. The molecule has 0 saturated carbocycles. The largest absolute Gasteiger partial charge is 0.264 e. The Morgan fingerprint density at radius 1 is 0.615 bits per heavy atom. The van der Waals surface area contributed by atoms with Crippen molar-refractivity contribution in [3.05, 3.63) is 109 Å². The van der Waals surface area contributed by atoms with Gasteiger partial charge in [-0.1, -0.05) is 60.7 Å². The Morgan fingerprint density at radius 3 is 1.77 bits per heavy atom. The van der Waals surface area contributed by atoms with Crippen LogP contribution in [0.2, 0.25) is 0 Å². The smallest absolute Gasteiger partial charge is 0.112 e. The molecule has 26 heavy (non-hydrogen) atoms. The van der Waals surface area contributed by atoms with Crippen LogP contribution >= 0.6 is 7.26 Å². The molecule has 0 bridgehead atoms. The van der Waals surface area contributed by atoms with Crippen molar-refractivity contribution < 1.29 is 0 Å². The van der Waals surface area contributed by atoms with Gasteiger partial charge in [-0.05, 0) is 36.4 Å². The monoisotopic (exact) mass is 354 g/mol. The zero-order valence-electron chi connectivity index (χ0n) is 14.8. The molecule has 0 radical (unpaired) electrons. The molecule has 0 N–H and O–H groups in total. The van der Waals surface area contributed by atoms with Gasteiger partial charge in [-0.3, -0.25) is 4.98 Å². The number of benzene rings is 3. The molecule has 2 heteroatoms. The second-order valence-electron chi connectivity index (χ2n) is 6.44. The standard InChI is InChI=1S/C24H21NP/c1-26(21-12-4-2-5-13-21,22-14-6-3-7-15-22)24-17-9-8-16-23(24)20-11-10-18-25-19-20/h2-19H,1H3/q+1. The zero-order chi connectivity index (χ0) is 17.8. The van der Waals surface area contributed by atoms with E-state index in [1.54, 1.807) is 0 Å². The van der Waals surface area contributed by atoms with Crippen LogP contribution in [-0.2, 0) is 0 Å². The summed E-state index contributed by atoms with van der Waals surface area (Å²) in [5.74, 6) is 0. The summed E-state index contributed by atoms with van der Waals surface area (Å²) in [7, 11) is -1.76. The summed E-state index contributed by atoms with van der Waals surface area (Å²) < 4.78 is 0. The zero-order valence-corrected chi connectivity index (χ0v) is 15.7. The minimum Gasteiger partial charge on any atom is -0.264 e. The fraction of sp³-hybridized carbons (Fsp3) is 0.0417. The van der Waals surface area contributed by atoms with Gasteiger partial charge in [-0.2, -0.15) is 0 Å². The third kappa shape index (κ3) is 2.96. The second kappa shape index (κ2) is 7.23. The van der Waals surface area contributed by atoms with Crippen LogP contribution in [0, 0.1) is 0 Å². The van der Waals surface area contributed by atoms with E-state index >= 15 is 0 Å². The highest BCUT2D eigenvalue weighted by Crippen LogP contribution is 2.53. The van der Waals surface area contributed by atoms with Gasteiger partial charge >= 0.3 is 0 Å². The van der Waals surface area contributed by atoms with Gasteiger partial charge in [0.15, 0.2) is 0 Å². The van der Waals surface area contributed by atoms with E-state index in [0.29, 0.717) is 0 Å². The van der Waals surface area contributed by atoms with Crippen molar-refractivity contribution in [3.63, 3.8) is 0 Å². The van der Waals surface area contributed by atoms with E-state index in [1.807, 2.05) is 18.5 Å². The predicted octanol–water partition coefficient (Wildman–Crippen LogP) is 4.67. The minimum absolute atomic E-state index is 1.17. The van der Waals surface area contributed by atoms with Crippen molar-refractivity contribution in [2.45, 2.75) is 0 Å². The molecular formula is C24H21NP+. The first-order valence-corrected chi connectivity index (χ1v) is 11.0. The van der Waals surface area contributed by atoms with E-state index in [1.165, 1.54) is 27.0 Å². The van der Waals surface area contributed by atoms with Crippen LogP contribution in [0.25, 0.3) is 11.1 Å². The Labute approximate surface area is 155 Å². The molecule has 3 aromatic carbocycles. The molecule has 4 aromatic rings. The van der Waals surface area contributed by atoms with Crippen LogP contribution in [0.15, 0.2) is 109 Å². The first-order chi connectivity index (χ1) is 12.8. The van der Waals surface area contributed by atoms with Gasteiger partial charge in [0.25, 0.3) is 0 Å². The fourth-order valence-electron chi connectivity index (χ4n) is 3.51. The van der Waals surface area contributed by atoms with Crippen LogP contribution in [0.5, 0.6) is 0 Å². The highest BCUT2D eigenvalue weighted by molar-refractivity contribution is 7.95. The highest BCUT2D eigenvalue weighted by Gasteiger charge is 2.41. The molecule has 0 fully saturated rings. The lowest BCUT2D eigenvalue weighted by Gasteiger charge is -2.25. The highest BCUT2D eigenvalue weighted by atomic mass is 31.2. The normalized spacial score (nSPS) is 11.3. The molecular weight excluding hydrogens is 333 g/mol. The van der Waals surface area contributed by atoms with Crippen molar-refractivity contribution >= 4 is 23.2 Å². The van der Waals surface area contributed by atoms with Gasteiger partial charge in [0, 0.05) is 23.5 Å². The summed E-state index contributed by atoms with van der Waals surface area (Å²) in [6.07, 6.45) is 3.79. The molecule has 0 unspecified atom stereocenters. The van der Waals surface area contributed by atoms with Gasteiger partial charge < -0.3 is 0 Å². The Bertz CT molecular complexity index is 943. The SMILES string of the molecule is C[P+](c1ccccc1)(c1ccccc1)c1ccccc1-c1cccnc1. The summed E-state index contributed by atoms with van der Waals surface area (Å²) in [5.41, 5.74) is 2.44. The second-order valence-corrected chi connectivity index (χ2v) is 9.96.